The first kappa shape index (κ1) is 14.5. The van der Waals surface area contributed by atoms with Crippen LogP contribution in [-0.2, 0) is 14.3 Å². The highest BCUT2D eigenvalue weighted by Gasteiger charge is 2.68. The number of hydrogen-bond donors (Lipinski definition) is 0. The molecule has 2 heterocycles. The van der Waals surface area contributed by atoms with E-state index in [9.17, 15) is 9.59 Å². The Balaban J connectivity index is 2.08. The molecule has 2 saturated heterocycles. The van der Waals surface area contributed by atoms with Crippen LogP contribution in [0.4, 0.5) is 0 Å². The van der Waals surface area contributed by atoms with Crippen molar-refractivity contribution in [3.63, 3.8) is 0 Å². The molecule has 2 aliphatic rings. The average Bonchev–Trinajstić information content (AvgIpc) is 3.16. The molecule has 1 spiro atoms. The molecule has 4 nitrogen and oxygen atoms in total. The minimum Gasteiger partial charge on any atom is -0.341 e. The highest BCUT2D eigenvalue weighted by atomic mass is 35.5. The van der Waals surface area contributed by atoms with Crippen molar-refractivity contribution >= 4 is 23.3 Å². The molecule has 1 aromatic rings. The lowest BCUT2D eigenvalue weighted by Crippen LogP contribution is -2.39. The molecule has 3 rings (SSSR count). The maximum absolute atomic E-state index is 12.7. The maximum atomic E-state index is 12.7. The summed E-state index contributed by atoms with van der Waals surface area (Å²) in [4.78, 5) is 27.0. The summed E-state index contributed by atoms with van der Waals surface area (Å²) in [7, 11) is 0. The number of amides is 1. The van der Waals surface area contributed by atoms with Gasteiger partial charge in [-0.1, -0.05) is 24.6 Å². The third-order valence-corrected chi connectivity index (χ3v) is 4.54. The zero-order valence-electron chi connectivity index (χ0n) is 12.4. The summed E-state index contributed by atoms with van der Waals surface area (Å²) in [6.07, 6.45) is 0.789. The largest absolute Gasteiger partial charge is 0.341 e. The summed E-state index contributed by atoms with van der Waals surface area (Å²) in [5.41, 5.74) is 1.51. The Labute approximate surface area is 129 Å². The van der Waals surface area contributed by atoms with E-state index in [0.29, 0.717) is 23.7 Å². The number of ether oxygens (including phenoxy) is 1. The minimum atomic E-state index is -1.02. The Morgan fingerprint density at radius 3 is 2.57 bits per heavy atom. The van der Waals surface area contributed by atoms with Crippen molar-refractivity contribution < 1.29 is 14.3 Å². The van der Waals surface area contributed by atoms with Crippen LogP contribution >= 0.6 is 11.6 Å². The minimum absolute atomic E-state index is 0.171. The zero-order chi connectivity index (χ0) is 15.4. The first-order chi connectivity index (χ1) is 9.92. The van der Waals surface area contributed by atoms with Gasteiger partial charge in [-0.05, 0) is 43.0 Å². The van der Waals surface area contributed by atoms with Crippen molar-refractivity contribution in [2.45, 2.75) is 38.8 Å². The molecule has 0 aliphatic carbocycles. The number of Topliss-reactive ketones (excluding diaryl/α,β-unsaturated/α-hetero) is 1. The van der Waals surface area contributed by atoms with Crippen LogP contribution in [0.2, 0.25) is 5.02 Å². The van der Waals surface area contributed by atoms with E-state index in [-0.39, 0.29) is 11.7 Å². The molecule has 0 bridgehead atoms. The fourth-order valence-corrected chi connectivity index (χ4v) is 3.66. The summed E-state index contributed by atoms with van der Waals surface area (Å²) < 4.78 is 5.37. The van der Waals surface area contributed by atoms with Gasteiger partial charge in [0.15, 0.2) is 0 Å². The van der Waals surface area contributed by atoms with Gasteiger partial charge in [0.25, 0.3) is 0 Å². The topological polar surface area (TPSA) is 49.9 Å². The van der Waals surface area contributed by atoms with Crippen molar-refractivity contribution in [3.05, 3.63) is 33.8 Å². The summed E-state index contributed by atoms with van der Waals surface area (Å²) >= 11 is 6.32. The average molecular weight is 308 g/mol. The van der Waals surface area contributed by atoms with Crippen molar-refractivity contribution in [1.82, 2.24) is 4.90 Å². The number of carbonyl (C=O) groups excluding carboxylic acids is 2. The number of halogens is 1. The first-order valence-corrected chi connectivity index (χ1v) is 7.56. The second-order valence-corrected chi connectivity index (χ2v) is 6.24. The molecule has 21 heavy (non-hydrogen) atoms. The van der Waals surface area contributed by atoms with Crippen LogP contribution in [0.25, 0.3) is 0 Å². The normalized spacial score (nSPS) is 27.8. The molecule has 0 saturated carbocycles. The second kappa shape index (κ2) is 4.82. The number of ketones is 1. The molecular formula is C16H18ClNO3. The van der Waals surface area contributed by atoms with E-state index in [1.807, 2.05) is 26.8 Å². The number of epoxide rings is 1. The van der Waals surface area contributed by atoms with Crippen molar-refractivity contribution in [2.75, 3.05) is 13.2 Å². The molecule has 5 heteroatoms. The van der Waals surface area contributed by atoms with E-state index in [2.05, 4.69) is 0 Å². The monoisotopic (exact) mass is 307 g/mol. The predicted molar refractivity (Wildman–Crippen MR) is 79.4 cm³/mol. The summed E-state index contributed by atoms with van der Waals surface area (Å²) in [5, 5.41) is 0.480. The molecule has 1 aromatic carbocycles. The van der Waals surface area contributed by atoms with Gasteiger partial charge in [0, 0.05) is 11.6 Å². The lowest BCUT2D eigenvalue weighted by molar-refractivity contribution is -0.132. The smallest absolute Gasteiger partial charge is 0.240 e. The van der Waals surface area contributed by atoms with Gasteiger partial charge in [-0.2, -0.15) is 0 Å². The highest BCUT2D eigenvalue weighted by molar-refractivity contribution is 6.33. The predicted octanol–water partition coefficient (Wildman–Crippen LogP) is 2.59. The summed E-state index contributed by atoms with van der Waals surface area (Å²) in [6, 6.07) is 3.75. The van der Waals surface area contributed by atoms with Gasteiger partial charge in [-0.25, -0.2) is 0 Å². The van der Waals surface area contributed by atoms with Gasteiger partial charge >= 0.3 is 0 Å². The van der Waals surface area contributed by atoms with E-state index in [1.54, 1.807) is 11.0 Å². The molecule has 0 aromatic heterocycles. The Kier molecular flexibility index (Phi) is 3.34. The number of rotatable bonds is 3. The Morgan fingerprint density at radius 1 is 1.38 bits per heavy atom. The van der Waals surface area contributed by atoms with Gasteiger partial charge < -0.3 is 9.64 Å². The van der Waals surface area contributed by atoms with Crippen LogP contribution in [0.3, 0.4) is 0 Å². The third-order valence-electron chi connectivity index (χ3n) is 4.23. The number of benzene rings is 1. The fraction of sp³-hybridized carbons (Fsp3) is 0.500. The lowest BCUT2D eigenvalue weighted by atomic mass is 9.90. The SMILES string of the molecule is CCCN1C(=O)C(c2c(C)cc(C)cc2Cl)C(=O)C12CO2. The van der Waals surface area contributed by atoms with E-state index < -0.39 is 11.6 Å². The lowest BCUT2D eigenvalue weighted by Gasteiger charge is -2.19. The third kappa shape index (κ3) is 2.00. The number of nitrogens with zero attached hydrogens (tertiary/aromatic N) is 1. The number of carbonyl (C=O) groups is 2. The Bertz CT molecular complexity index is 613. The first-order valence-electron chi connectivity index (χ1n) is 7.18. The van der Waals surface area contributed by atoms with Gasteiger partial charge in [-0.15, -0.1) is 0 Å². The zero-order valence-corrected chi connectivity index (χ0v) is 13.2. The van der Waals surface area contributed by atoms with Crippen LogP contribution < -0.4 is 0 Å². The second-order valence-electron chi connectivity index (χ2n) is 5.84. The van der Waals surface area contributed by atoms with Crippen LogP contribution in [0.1, 0.15) is 36.0 Å². The molecule has 1 amide bonds. The standard InChI is InChI=1S/C16H18ClNO3/c1-4-5-18-15(20)13(14(19)16(18)8-21-16)12-10(3)6-9(2)7-11(12)17/h6-7,13H,4-5,8H2,1-3H3. The van der Waals surface area contributed by atoms with Crippen LogP contribution in [-0.4, -0.2) is 35.5 Å². The molecule has 112 valence electrons. The van der Waals surface area contributed by atoms with Crippen LogP contribution in [0.5, 0.6) is 0 Å². The highest BCUT2D eigenvalue weighted by Crippen LogP contribution is 2.47. The van der Waals surface area contributed by atoms with Gasteiger partial charge in [0.05, 0.1) is 0 Å². The van der Waals surface area contributed by atoms with E-state index in [1.165, 1.54) is 0 Å². The molecular weight excluding hydrogens is 290 g/mol. The van der Waals surface area contributed by atoms with Crippen molar-refractivity contribution in [2.24, 2.45) is 0 Å². The number of hydrogen-bond acceptors (Lipinski definition) is 3. The number of likely N-dealkylation sites (tertiary alicyclic amines) is 1. The van der Waals surface area contributed by atoms with Crippen LogP contribution in [0.15, 0.2) is 12.1 Å². The number of aryl methyl sites for hydroxylation is 2. The molecule has 2 unspecified atom stereocenters. The van der Waals surface area contributed by atoms with E-state index in [4.69, 9.17) is 16.3 Å². The van der Waals surface area contributed by atoms with E-state index >= 15 is 0 Å². The van der Waals surface area contributed by atoms with Crippen molar-refractivity contribution in [1.29, 1.82) is 0 Å². The Hall–Kier alpha value is -1.39. The van der Waals surface area contributed by atoms with Crippen LogP contribution in [0, 0.1) is 13.8 Å². The summed E-state index contributed by atoms with van der Waals surface area (Å²) in [6.45, 7) is 6.64. The quantitative estimate of drug-likeness (QED) is 0.637. The van der Waals surface area contributed by atoms with E-state index in [0.717, 1.165) is 17.5 Å². The summed E-state index contributed by atoms with van der Waals surface area (Å²) in [5.74, 6) is -1.19. The molecule has 0 N–H and O–H groups in total. The molecule has 2 aliphatic heterocycles. The van der Waals surface area contributed by atoms with Gasteiger partial charge in [0.1, 0.15) is 12.5 Å². The molecule has 2 atom stereocenters. The Morgan fingerprint density at radius 2 is 2.05 bits per heavy atom. The fourth-order valence-electron chi connectivity index (χ4n) is 3.23. The van der Waals surface area contributed by atoms with Gasteiger partial charge in [0.2, 0.25) is 17.4 Å². The maximum Gasteiger partial charge on any atom is 0.240 e. The molecule has 2 fully saturated rings. The molecule has 0 radical (unpaired) electrons. The van der Waals surface area contributed by atoms with Crippen molar-refractivity contribution in [3.8, 4) is 0 Å². The van der Waals surface area contributed by atoms with Gasteiger partial charge in [-0.3, -0.25) is 9.59 Å².